The molecule has 0 spiro atoms. The molecule has 0 fully saturated rings. The summed E-state index contributed by atoms with van der Waals surface area (Å²) in [7, 11) is 0. The molecule has 0 aromatic carbocycles. The molecular formula is C13H16N4. The third-order valence-electron chi connectivity index (χ3n) is 2.45. The molecule has 88 valence electrons. The van der Waals surface area contributed by atoms with Crippen LogP contribution in [0.1, 0.15) is 31.5 Å². The zero-order chi connectivity index (χ0) is 12.8. The molecule has 0 amide bonds. The number of hydrogen-bond donors (Lipinski definition) is 0. The second-order valence-corrected chi connectivity index (χ2v) is 4.16. The molecule has 0 aliphatic carbocycles. The van der Waals surface area contributed by atoms with Crippen LogP contribution < -0.4 is 4.90 Å². The second kappa shape index (κ2) is 5.86. The molecule has 4 heteroatoms. The van der Waals surface area contributed by atoms with Crippen LogP contribution in [0.15, 0.2) is 12.1 Å². The number of nitriles is 2. The maximum atomic E-state index is 8.93. The molecule has 0 saturated carbocycles. The minimum atomic E-state index is 0.254. The number of aromatic nitrogens is 1. The first-order valence-corrected chi connectivity index (χ1v) is 5.61. The number of rotatable bonds is 4. The van der Waals surface area contributed by atoms with E-state index in [1.807, 2.05) is 25.7 Å². The van der Waals surface area contributed by atoms with Gasteiger partial charge in [0.2, 0.25) is 0 Å². The Morgan fingerprint density at radius 2 is 2.06 bits per heavy atom. The van der Waals surface area contributed by atoms with Gasteiger partial charge in [-0.2, -0.15) is 10.5 Å². The molecule has 1 rings (SSSR count). The highest BCUT2D eigenvalue weighted by Crippen LogP contribution is 2.17. The quantitative estimate of drug-likeness (QED) is 0.793. The Labute approximate surface area is 102 Å². The highest BCUT2D eigenvalue weighted by molar-refractivity contribution is 5.47. The predicted molar refractivity (Wildman–Crippen MR) is 66.4 cm³/mol. The lowest BCUT2D eigenvalue weighted by molar-refractivity contribution is 0.676. The van der Waals surface area contributed by atoms with Gasteiger partial charge < -0.3 is 4.90 Å². The molecule has 1 heterocycles. The summed E-state index contributed by atoms with van der Waals surface area (Å²) in [5, 5.41) is 17.6. The molecule has 0 atom stereocenters. The zero-order valence-electron chi connectivity index (χ0n) is 10.4. The molecule has 1 aromatic rings. The van der Waals surface area contributed by atoms with E-state index in [1.54, 1.807) is 12.1 Å². The molecule has 0 saturated heterocycles. The van der Waals surface area contributed by atoms with Crippen molar-refractivity contribution in [2.45, 2.75) is 33.2 Å². The van der Waals surface area contributed by atoms with E-state index in [4.69, 9.17) is 10.5 Å². The van der Waals surface area contributed by atoms with Crippen LogP contribution in [0, 0.1) is 29.6 Å². The minimum absolute atomic E-state index is 0.254. The van der Waals surface area contributed by atoms with Crippen LogP contribution >= 0.6 is 0 Å². The third-order valence-corrected chi connectivity index (χ3v) is 2.45. The van der Waals surface area contributed by atoms with Crippen molar-refractivity contribution >= 4 is 5.82 Å². The van der Waals surface area contributed by atoms with Crippen molar-refractivity contribution in [1.82, 2.24) is 4.98 Å². The Morgan fingerprint density at radius 3 is 2.59 bits per heavy atom. The standard InChI is InChI=1S/C13H16N4/c1-10(2)17(6-4-5-14)13-8-12(9-15)7-11(3)16-13/h7-8,10H,4,6H2,1-3H3. The van der Waals surface area contributed by atoms with Gasteiger partial charge in [-0.25, -0.2) is 4.98 Å². The number of nitrogens with zero attached hydrogens (tertiary/aromatic N) is 4. The SMILES string of the molecule is Cc1cc(C#N)cc(N(CCC#N)C(C)C)n1. The summed E-state index contributed by atoms with van der Waals surface area (Å²) >= 11 is 0. The Balaban J connectivity index is 3.06. The number of anilines is 1. The largest absolute Gasteiger partial charge is 0.353 e. The topological polar surface area (TPSA) is 63.7 Å². The number of hydrogen-bond acceptors (Lipinski definition) is 4. The van der Waals surface area contributed by atoms with E-state index in [9.17, 15) is 0 Å². The van der Waals surface area contributed by atoms with Crippen molar-refractivity contribution in [3.8, 4) is 12.1 Å². The Hall–Kier alpha value is -2.07. The van der Waals surface area contributed by atoms with Gasteiger partial charge in [0.05, 0.1) is 24.1 Å². The lowest BCUT2D eigenvalue weighted by atomic mass is 10.2. The maximum Gasteiger partial charge on any atom is 0.130 e. The molecule has 0 aliphatic heterocycles. The Bertz CT molecular complexity index is 465. The fourth-order valence-corrected chi connectivity index (χ4v) is 1.67. The van der Waals surface area contributed by atoms with Crippen LogP contribution in [0.4, 0.5) is 5.82 Å². The molecule has 0 radical (unpaired) electrons. The lowest BCUT2D eigenvalue weighted by Crippen LogP contribution is -2.32. The van der Waals surface area contributed by atoms with E-state index in [-0.39, 0.29) is 6.04 Å². The van der Waals surface area contributed by atoms with Crippen molar-refractivity contribution in [3.63, 3.8) is 0 Å². The van der Waals surface area contributed by atoms with E-state index in [1.165, 1.54) is 0 Å². The van der Waals surface area contributed by atoms with Crippen molar-refractivity contribution in [2.24, 2.45) is 0 Å². The van der Waals surface area contributed by atoms with Crippen LogP contribution in [-0.4, -0.2) is 17.6 Å². The van der Waals surface area contributed by atoms with Crippen molar-refractivity contribution < 1.29 is 0 Å². The smallest absolute Gasteiger partial charge is 0.130 e. The van der Waals surface area contributed by atoms with Crippen molar-refractivity contribution in [2.75, 3.05) is 11.4 Å². The van der Waals surface area contributed by atoms with Gasteiger partial charge in [0.1, 0.15) is 5.82 Å². The molecule has 1 aromatic heterocycles. The average molecular weight is 228 g/mol. The maximum absolute atomic E-state index is 8.93. The monoisotopic (exact) mass is 228 g/mol. The highest BCUT2D eigenvalue weighted by atomic mass is 15.2. The van der Waals surface area contributed by atoms with Gasteiger partial charge in [0.25, 0.3) is 0 Å². The summed E-state index contributed by atoms with van der Waals surface area (Å²) in [6.07, 6.45) is 0.454. The summed E-state index contributed by atoms with van der Waals surface area (Å²) in [5.74, 6) is 0.770. The zero-order valence-corrected chi connectivity index (χ0v) is 10.4. The second-order valence-electron chi connectivity index (χ2n) is 4.16. The fourth-order valence-electron chi connectivity index (χ4n) is 1.67. The van der Waals surface area contributed by atoms with E-state index in [0.717, 1.165) is 11.5 Å². The van der Waals surface area contributed by atoms with Crippen molar-refractivity contribution in [3.05, 3.63) is 23.4 Å². The third kappa shape index (κ3) is 3.46. The summed E-state index contributed by atoms with van der Waals surface area (Å²) in [5.41, 5.74) is 1.43. The fraction of sp³-hybridized carbons (Fsp3) is 0.462. The molecule has 0 unspecified atom stereocenters. The summed E-state index contributed by atoms with van der Waals surface area (Å²) < 4.78 is 0. The van der Waals surface area contributed by atoms with Gasteiger partial charge in [-0.3, -0.25) is 0 Å². The summed E-state index contributed by atoms with van der Waals surface area (Å²) in [6, 6.07) is 8.04. The first-order chi connectivity index (χ1) is 8.08. The van der Waals surface area contributed by atoms with Gasteiger partial charge in [-0.05, 0) is 32.9 Å². The van der Waals surface area contributed by atoms with Gasteiger partial charge in [-0.1, -0.05) is 0 Å². The van der Waals surface area contributed by atoms with Gasteiger partial charge >= 0.3 is 0 Å². The molecule has 0 bridgehead atoms. The molecule has 17 heavy (non-hydrogen) atoms. The predicted octanol–water partition coefficient (Wildman–Crippen LogP) is 2.39. The molecule has 0 N–H and O–H groups in total. The van der Waals surface area contributed by atoms with E-state index in [2.05, 4.69) is 17.1 Å². The van der Waals surface area contributed by atoms with Crippen LogP contribution in [0.2, 0.25) is 0 Å². The normalized spacial score (nSPS) is 9.76. The Kier molecular flexibility index (Phi) is 4.48. The summed E-state index contributed by atoms with van der Waals surface area (Å²) in [6.45, 7) is 6.60. The number of aryl methyl sites for hydroxylation is 1. The molecule has 0 aliphatic rings. The van der Waals surface area contributed by atoms with Crippen LogP contribution in [0.25, 0.3) is 0 Å². The number of pyridine rings is 1. The first kappa shape index (κ1) is 13.0. The Morgan fingerprint density at radius 1 is 1.35 bits per heavy atom. The van der Waals surface area contributed by atoms with E-state index in [0.29, 0.717) is 18.5 Å². The van der Waals surface area contributed by atoms with Gasteiger partial charge in [-0.15, -0.1) is 0 Å². The average Bonchev–Trinajstić information content (AvgIpc) is 2.28. The highest BCUT2D eigenvalue weighted by Gasteiger charge is 2.12. The minimum Gasteiger partial charge on any atom is -0.353 e. The van der Waals surface area contributed by atoms with Gasteiger partial charge in [0, 0.05) is 18.3 Å². The molecule has 4 nitrogen and oxygen atoms in total. The lowest BCUT2D eigenvalue weighted by Gasteiger charge is -2.27. The van der Waals surface area contributed by atoms with E-state index < -0.39 is 0 Å². The van der Waals surface area contributed by atoms with Crippen molar-refractivity contribution in [1.29, 1.82) is 10.5 Å². The van der Waals surface area contributed by atoms with Crippen LogP contribution in [0.3, 0.4) is 0 Å². The van der Waals surface area contributed by atoms with Gasteiger partial charge in [0.15, 0.2) is 0 Å². The van der Waals surface area contributed by atoms with Crippen LogP contribution in [0.5, 0.6) is 0 Å². The molecular weight excluding hydrogens is 212 g/mol. The summed E-state index contributed by atoms with van der Waals surface area (Å²) in [4.78, 5) is 6.46. The first-order valence-electron chi connectivity index (χ1n) is 5.61. The van der Waals surface area contributed by atoms with Crippen LogP contribution in [-0.2, 0) is 0 Å². The van der Waals surface area contributed by atoms with E-state index >= 15 is 0 Å².